The molecule has 0 spiro atoms. The van der Waals surface area contributed by atoms with E-state index in [1.165, 1.54) is 12.1 Å². The van der Waals surface area contributed by atoms with E-state index in [1.807, 2.05) is 0 Å². The van der Waals surface area contributed by atoms with Gasteiger partial charge < -0.3 is 9.47 Å². The molecule has 0 saturated carbocycles. The van der Waals surface area contributed by atoms with Gasteiger partial charge in [0, 0.05) is 13.2 Å². The van der Waals surface area contributed by atoms with Crippen LogP contribution in [0.2, 0.25) is 0 Å². The number of benzene rings is 1. The molecule has 8 heteroatoms. The van der Waals surface area contributed by atoms with Gasteiger partial charge in [0.1, 0.15) is 0 Å². The zero-order chi connectivity index (χ0) is 14.9. The quantitative estimate of drug-likeness (QED) is 0.832. The Morgan fingerprint density at radius 1 is 1.38 bits per heavy atom. The van der Waals surface area contributed by atoms with Crippen molar-refractivity contribution in [1.29, 1.82) is 0 Å². The third kappa shape index (κ3) is 3.17. The van der Waals surface area contributed by atoms with E-state index in [4.69, 9.17) is 14.0 Å². The zero-order valence-electron chi connectivity index (χ0n) is 11.3. The first-order valence-corrected chi connectivity index (χ1v) is 8.14. The van der Waals surface area contributed by atoms with Crippen LogP contribution in [0.3, 0.4) is 0 Å². The Balaban J connectivity index is 1.81. The summed E-state index contributed by atoms with van der Waals surface area (Å²) in [5, 5.41) is 7.37. The topological polar surface area (TPSA) is 102 Å². The summed E-state index contributed by atoms with van der Waals surface area (Å²) < 4.78 is 42.4. The lowest BCUT2D eigenvalue weighted by Crippen LogP contribution is -2.21. The van der Waals surface area contributed by atoms with Gasteiger partial charge in [-0.25, -0.2) is 0 Å². The standard InChI is InChI=1S/C13H16N2O5S/c16-21(17,18)10-1-2-12-11(7-10)13(15-14-12)20-8-9-3-5-19-6-4-9/h1-2,7,9H,3-6,8H2,(H,14,15)(H,16,17,18). The number of aromatic nitrogens is 2. The molecular weight excluding hydrogens is 296 g/mol. The van der Waals surface area contributed by atoms with E-state index in [9.17, 15) is 8.42 Å². The molecule has 1 aliphatic heterocycles. The van der Waals surface area contributed by atoms with Crippen molar-refractivity contribution >= 4 is 21.0 Å². The molecule has 0 unspecified atom stereocenters. The number of fused-ring (bicyclic) bond motifs is 1. The maximum atomic E-state index is 11.2. The number of rotatable bonds is 4. The van der Waals surface area contributed by atoms with Crippen LogP contribution in [0.15, 0.2) is 23.1 Å². The smallest absolute Gasteiger partial charge is 0.294 e. The Morgan fingerprint density at radius 2 is 2.14 bits per heavy atom. The first kappa shape index (κ1) is 14.3. The van der Waals surface area contributed by atoms with E-state index in [-0.39, 0.29) is 4.90 Å². The molecule has 21 heavy (non-hydrogen) atoms. The highest BCUT2D eigenvalue weighted by atomic mass is 32.2. The minimum atomic E-state index is -4.24. The predicted octanol–water partition coefficient (Wildman–Crippen LogP) is 1.61. The average molecular weight is 312 g/mol. The lowest BCUT2D eigenvalue weighted by atomic mass is 10.0. The lowest BCUT2D eigenvalue weighted by Gasteiger charge is -2.21. The second kappa shape index (κ2) is 5.63. The molecule has 2 N–H and O–H groups in total. The highest BCUT2D eigenvalue weighted by molar-refractivity contribution is 7.85. The van der Waals surface area contributed by atoms with E-state index >= 15 is 0 Å². The predicted molar refractivity (Wildman–Crippen MR) is 74.9 cm³/mol. The van der Waals surface area contributed by atoms with Crippen LogP contribution >= 0.6 is 0 Å². The lowest BCUT2D eigenvalue weighted by molar-refractivity contribution is 0.0492. The molecule has 3 rings (SSSR count). The number of nitrogens with zero attached hydrogens (tertiary/aromatic N) is 1. The molecular formula is C13H16N2O5S. The summed E-state index contributed by atoms with van der Waals surface area (Å²) in [5.41, 5.74) is 0.657. The maximum absolute atomic E-state index is 11.2. The Labute approximate surface area is 122 Å². The minimum absolute atomic E-state index is 0.174. The molecule has 0 bridgehead atoms. The maximum Gasteiger partial charge on any atom is 0.294 e. The SMILES string of the molecule is O=S(=O)(O)c1ccc2[nH]nc(OCC3CCOCC3)c2c1. The molecule has 0 amide bonds. The zero-order valence-corrected chi connectivity index (χ0v) is 12.1. The molecule has 2 heterocycles. The molecule has 114 valence electrons. The largest absolute Gasteiger partial charge is 0.476 e. The van der Waals surface area contributed by atoms with E-state index in [1.54, 1.807) is 6.07 Å². The molecule has 1 aromatic heterocycles. The average Bonchev–Trinajstić information content (AvgIpc) is 2.87. The van der Waals surface area contributed by atoms with Crippen LogP contribution in [0.1, 0.15) is 12.8 Å². The van der Waals surface area contributed by atoms with E-state index in [2.05, 4.69) is 10.2 Å². The van der Waals surface area contributed by atoms with Crippen LogP contribution in [0.4, 0.5) is 0 Å². The van der Waals surface area contributed by atoms with Gasteiger partial charge in [-0.1, -0.05) is 0 Å². The minimum Gasteiger partial charge on any atom is -0.476 e. The van der Waals surface area contributed by atoms with Gasteiger partial charge in [0.05, 0.1) is 22.4 Å². The molecule has 0 radical (unpaired) electrons. The summed E-state index contributed by atoms with van der Waals surface area (Å²) in [4.78, 5) is -0.174. The van der Waals surface area contributed by atoms with Gasteiger partial charge in [0.25, 0.3) is 10.1 Å². The Kier molecular flexibility index (Phi) is 3.83. The first-order chi connectivity index (χ1) is 10.0. The van der Waals surface area contributed by atoms with Crippen molar-refractivity contribution in [1.82, 2.24) is 10.2 Å². The fourth-order valence-corrected chi connectivity index (χ4v) is 2.86. The van der Waals surface area contributed by atoms with Crippen LogP contribution in [-0.2, 0) is 14.9 Å². The Hall–Kier alpha value is -1.64. The van der Waals surface area contributed by atoms with Crippen LogP contribution < -0.4 is 4.74 Å². The van der Waals surface area contributed by atoms with Crippen LogP contribution in [0, 0.1) is 5.92 Å². The number of ether oxygens (including phenoxy) is 2. The summed E-state index contributed by atoms with van der Waals surface area (Å²) in [6, 6.07) is 4.22. The Bertz CT molecular complexity index is 734. The van der Waals surface area contributed by atoms with Gasteiger partial charge in [-0.05, 0) is 37.0 Å². The normalized spacial score (nSPS) is 17.2. The second-order valence-electron chi connectivity index (χ2n) is 5.08. The fourth-order valence-electron chi connectivity index (χ4n) is 2.35. The molecule has 1 saturated heterocycles. The van der Waals surface area contributed by atoms with Gasteiger partial charge in [0.15, 0.2) is 0 Å². The summed E-state index contributed by atoms with van der Waals surface area (Å²) in [5.74, 6) is 0.761. The highest BCUT2D eigenvalue weighted by Gasteiger charge is 2.17. The molecule has 1 aliphatic rings. The molecule has 1 aromatic carbocycles. The van der Waals surface area contributed by atoms with E-state index < -0.39 is 10.1 Å². The summed E-state index contributed by atoms with van der Waals surface area (Å²) in [6.07, 6.45) is 1.89. The van der Waals surface area contributed by atoms with Crippen molar-refractivity contribution in [2.75, 3.05) is 19.8 Å². The van der Waals surface area contributed by atoms with Gasteiger partial charge in [-0.15, -0.1) is 5.10 Å². The molecule has 1 fully saturated rings. The Morgan fingerprint density at radius 3 is 2.86 bits per heavy atom. The van der Waals surface area contributed by atoms with Crippen molar-refractivity contribution in [2.24, 2.45) is 5.92 Å². The molecule has 2 aromatic rings. The molecule has 0 aliphatic carbocycles. The van der Waals surface area contributed by atoms with Crippen molar-refractivity contribution in [3.05, 3.63) is 18.2 Å². The van der Waals surface area contributed by atoms with Gasteiger partial charge in [-0.3, -0.25) is 9.65 Å². The monoisotopic (exact) mass is 312 g/mol. The number of hydrogen-bond donors (Lipinski definition) is 2. The van der Waals surface area contributed by atoms with Crippen molar-refractivity contribution in [3.63, 3.8) is 0 Å². The third-order valence-electron chi connectivity index (χ3n) is 3.59. The van der Waals surface area contributed by atoms with Crippen molar-refractivity contribution in [2.45, 2.75) is 17.7 Å². The number of nitrogens with one attached hydrogen (secondary N) is 1. The van der Waals surface area contributed by atoms with E-state index in [0.29, 0.717) is 29.3 Å². The highest BCUT2D eigenvalue weighted by Crippen LogP contribution is 2.26. The number of H-pyrrole nitrogens is 1. The molecule has 7 nitrogen and oxygen atoms in total. The second-order valence-corrected chi connectivity index (χ2v) is 6.50. The van der Waals surface area contributed by atoms with Gasteiger partial charge in [0.2, 0.25) is 5.88 Å². The fraction of sp³-hybridized carbons (Fsp3) is 0.462. The summed E-state index contributed by atoms with van der Waals surface area (Å²) in [6.45, 7) is 1.99. The molecule has 0 atom stereocenters. The van der Waals surface area contributed by atoms with Crippen LogP contribution in [0.25, 0.3) is 10.9 Å². The first-order valence-electron chi connectivity index (χ1n) is 6.70. The number of hydrogen-bond acceptors (Lipinski definition) is 5. The summed E-state index contributed by atoms with van der Waals surface area (Å²) >= 11 is 0. The van der Waals surface area contributed by atoms with E-state index in [0.717, 1.165) is 26.1 Å². The van der Waals surface area contributed by atoms with Crippen molar-refractivity contribution < 1.29 is 22.4 Å². The van der Waals surface area contributed by atoms with Crippen LogP contribution in [-0.4, -0.2) is 43.0 Å². The van der Waals surface area contributed by atoms with Crippen LogP contribution in [0.5, 0.6) is 5.88 Å². The van der Waals surface area contributed by atoms with Gasteiger partial charge in [-0.2, -0.15) is 8.42 Å². The summed E-state index contributed by atoms with van der Waals surface area (Å²) in [7, 11) is -4.24. The van der Waals surface area contributed by atoms with Gasteiger partial charge >= 0.3 is 0 Å². The third-order valence-corrected chi connectivity index (χ3v) is 4.44. The van der Waals surface area contributed by atoms with Crippen molar-refractivity contribution in [3.8, 4) is 5.88 Å². The number of aromatic amines is 1.